The first-order valence-electron chi connectivity index (χ1n) is 7.00. The lowest BCUT2D eigenvalue weighted by Crippen LogP contribution is -2.28. The number of halogens is 1. The fourth-order valence-electron chi connectivity index (χ4n) is 2.86. The number of nitrogens with zero attached hydrogens (tertiary/aromatic N) is 2. The van der Waals surface area contributed by atoms with E-state index < -0.39 is 21.4 Å². The first-order valence-corrected chi connectivity index (χ1v) is 8.45. The zero-order valence-electron chi connectivity index (χ0n) is 11.7. The van der Waals surface area contributed by atoms with Gasteiger partial charge in [0.2, 0.25) is 11.8 Å². The molecule has 3 rings (SSSR count). The molecule has 2 aliphatic heterocycles. The van der Waals surface area contributed by atoms with Crippen molar-refractivity contribution in [3.05, 3.63) is 24.3 Å². The number of anilines is 2. The van der Waals surface area contributed by atoms with Gasteiger partial charge in [-0.3, -0.25) is 9.59 Å². The predicted molar refractivity (Wildman–Crippen MR) is 78.8 cm³/mol. The Hall–Kier alpha value is -1.96. The standard InChI is InChI=1S/C14H15FN2O4S/c15-22(20,21)12-8-14(19)17(9-12)11-4-1-3-10(7-11)16-6-2-5-13(16)18/h1,3-4,7,12H,2,5-6,8-9H2. The molecule has 2 amide bonds. The molecule has 2 fully saturated rings. The minimum absolute atomic E-state index is 0.0223. The van der Waals surface area contributed by atoms with Gasteiger partial charge in [-0.25, -0.2) is 0 Å². The van der Waals surface area contributed by atoms with E-state index in [-0.39, 0.29) is 18.9 Å². The van der Waals surface area contributed by atoms with Gasteiger partial charge in [0, 0.05) is 37.3 Å². The molecule has 1 aromatic carbocycles. The van der Waals surface area contributed by atoms with Crippen LogP contribution in [0.1, 0.15) is 19.3 Å². The lowest BCUT2D eigenvalue weighted by Gasteiger charge is -2.20. The summed E-state index contributed by atoms with van der Waals surface area (Å²) in [5.41, 5.74) is 1.15. The molecular weight excluding hydrogens is 311 g/mol. The average Bonchev–Trinajstić information content (AvgIpc) is 3.04. The molecule has 0 radical (unpaired) electrons. The maximum Gasteiger partial charge on any atom is 0.307 e. The molecule has 1 aromatic rings. The Labute approximate surface area is 127 Å². The van der Waals surface area contributed by atoms with Crippen molar-refractivity contribution in [2.24, 2.45) is 0 Å². The van der Waals surface area contributed by atoms with Crippen LogP contribution in [0.4, 0.5) is 15.3 Å². The van der Waals surface area contributed by atoms with Gasteiger partial charge in [-0.05, 0) is 24.6 Å². The monoisotopic (exact) mass is 326 g/mol. The van der Waals surface area contributed by atoms with Crippen molar-refractivity contribution in [2.45, 2.75) is 24.5 Å². The summed E-state index contributed by atoms with van der Waals surface area (Å²) >= 11 is 0. The highest BCUT2D eigenvalue weighted by Crippen LogP contribution is 2.30. The van der Waals surface area contributed by atoms with E-state index in [1.165, 1.54) is 4.90 Å². The van der Waals surface area contributed by atoms with Gasteiger partial charge in [-0.15, -0.1) is 3.89 Å². The summed E-state index contributed by atoms with van der Waals surface area (Å²) in [6.45, 7) is 0.423. The van der Waals surface area contributed by atoms with E-state index in [0.717, 1.165) is 6.42 Å². The van der Waals surface area contributed by atoms with E-state index in [9.17, 15) is 21.9 Å². The van der Waals surface area contributed by atoms with Crippen LogP contribution in [0, 0.1) is 0 Å². The zero-order valence-corrected chi connectivity index (χ0v) is 12.6. The van der Waals surface area contributed by atoms with E-state index in [1.807, 2.05) is 0 Å². The van der Waals surface area contributed by atoms with Gasteiger partial charge < -0.3 is 9.80 Å². The van der Waals surface area contributed by atoms with Crippen LogP contribution in [0.25, 0.3) is 0 Å². The van der Waals surface area contributed by atoms with Gasteiger partial charge in [-0.1, -0.05) is 6.07 Å². The molecule has 6 nitrogen and oxygen atoms in total. The van der Waals surface area contributed by atoms with Gasteiger partial charge in [0.05, 0.1) is 0 Å². The summed E-state index contributed by atoms with van der Waals surface area (Å²) in [6.07, 6.45) is 0.925. The van der Waals surface area contributed by atoms with Crippen LogP contribution in [0.3, 0.4) is 0 Å². The molecule has 118 valence electrons. The molecule has 0 aliphatic carbocycles. The Morgan fingerprint density at radius 1 is 1.09 bits per heavy atom. The molecule has 0 spiro atoms. The third-order valence-electron chi connectivity index (χ3n) is 4.01. The molecule has 2 heterocycles. The quantitative estimate of drug-likeness (QED) is 0.783. The topological polar surface area (TPSA) is 74.8 Å². The summed E-state index contributed by atoms with van der Waals surface area (Å²) in [4.78, 5) is 26.6. The van der Waals surface area contributed by atoms with Gasteiger partial charge >= 0.3 is 10.2 Å². The molecule has 1 atom stereocenters. The van der Waals surface area contributed by atoms with Gasteiger partial charge in [0.15, 0.2) is 0 Å². The van der Waals surface area contributed by atoms with E-state index in [1.54, 1.807) is 29.2 Å². The average molecular weight is 326 g/mol. The Morgan fingerprint density at radius 2 is 1.77 bits per heavy atom. The minimum atomic E-state index is -4.74. The van der Waals surface area contributed by atoms with Crippen LogP contribution >= 0.6 is 0 Å². The zero-order chi connectivity index (χ0) is 15.9. The molecule has 0 bridgehead atoms. The van der Waals surface area contributed by atoms with Crippen molar-refractivity contribution in [1.29, 1.82) is 0 Å². The molecule has 2 saturated heterocycles. The van der Waals surface area contributed by atoms with Crippen LogP contribution in [0.15, 0.2) is 24.3 Å². The molecule has 0 N–H and O–H groups in total. The smallest absolute Gasteiger partial charge is 0.307 e. The number of hydrogen-bond acceptors (Lipinski definition) is 4. The second-order valence-electron chi connectivity index (χ2n) is 5.47. The van der Waals surface area contributed by atoms with Crippen LogP contribution in [0.5, 0.6) is 0 Å². The van der Waals surface area contributed by atoms with Gasteiger partial charge in [0.1, 0.15) is 5.25 Å². The van der Waals surface area contributed by atoms with Crippen LogP contribution in [-0.2, 0) is 19.8 Å². The highest BCUT2D eigenvalue weighted by Gasteiger charge is 2.39. The molecular formula is C14H15FN2O4S. The number of rotatable bonds is 3. The minimum Gasteiger partial charge on any atom is -0.312 e. The molecule has 22 heavy (non-hydrogen) atoms. The summed E-state index contributed by atoms with van der Waals surface area (Å²) in [7, 11) is -4.74. The van der Waals surface area contributed by atoms with Crippen molar-refractivity contribution in [1.82, 2.24) is 0 Å². The van der Waals surface area contributed by atoms with Crippen molar-refractivity contribution < 1.29 is 21.9 Å². The molecule has 8 heteroatoms. The van der Waals surface area contributed by atoms with Crippen molar-refractivity contribution in [3.8, 4) is 0 Å². The fraction of sp³-hybridized carbons (Fsp3) is 0.429. The molecule has 2 aliphatic rings. The van der Waals surface area contributed by atoms with Gasteiger partial charge in [-0.2, -0.15) is 8.42 Å². The van der Waals surface area contributed by atoms with E-state index in [4.69, 9.17) is 0 Å². The van der Waals surface area contributed by atoms with Crippen molar-refractivity contribution in [3.63, 3.8) is 0 Å². The summed E-state index contributed by atoms with van der Waals surface area (Å²) in [6, 6.07) is 6.76. The fourth-order valence-corrected chi connectivity index (χ4v) is 3.53. The highest BCUT2D eigenvalue weighted by molar-refractivity contribution is 7.87. The number of carbonyl (C=O) groups excluding carboxylic acids is 2. The van der Waals surface area contributed by atoms with Crippen LogP contribution in [0.2, 0.25) is 0 Å². The molecule has 1 unspecified atom stereocenters. The number of amides is 2. The Kier molecular flexibility index (Phi) is 3.64. The van der Waals surface area contributed by atoms with Gasteiger partial charge in [0.25, 0.3) is 0 Å². The van der Waals surface area contributed by atoms with Crippen LogP contribution in [-0.4, -0.2) is 38.6 Å². The largest absolute Gasteiger partial charge is 0.312 e. The molecule has 0 aromatic heterocycles. The number of carbonyl (C=O) groups is 2. The van der Waals surface area contributed by atoms with Crippen molar-refractivity contribution >= 4 is 33.4 Å². The Balaban J connectivity index is 1.87. The number of hydrogen-bond donors (Lipinski definition) is 0. The maximum atomic E-state index is 13.1. The Morgan fingerprint density at radius 3 is 2.32 bits per heavy atom. The SMILES string of the molecule is O=C1CCCN1c1cccc(N2CC(S(=O)(=O)F)CC2=O)c1. The first kappa shape index (κ1) is 15.0. The maximum absolute atomic E-state index is 13.1. The first-order chi connectivity index (χ1) is 10.4. The predicted octanol–water partition coefficient (Wildman–Crippen LogP) is 1.22. The highest BCUT2D eigenvalue weighted by atomic mass is 32.3. The normalized spacial score (nSPS) is 22.7. The second-order valence-corrected chi connectivity index (χ2v) is 7.09. The Bertz CT molecular complexity index is 734. The lowest BCUT2D eigenvalue weighted by atomic mass is 10.2. The third kappa shape index (κ3) is 2.70. The second kappa shape index (κ2) is 5.35. The van der Waals surface area contributed by atoms with Crippen molar-refractivity contribution in [2.75, 3.05) is 22.9 Å². The van der Waals surface area contributed by atoms with E-state index >= 15 is 0 Å². The van der Waals surface area contributed by atoms with E-state index in [2.05, 4.69) is 0 Å². The lowest BCUT2D eigenvalue weighted by molar-refractivity contribution is -0.117. The van der Waals surface area contributed by atoms with E-state index in [0.29, 0.717) is 24.3 Å². The summed E-state index contributed by atoms with van der Waals surface area (Å²) in [5, 5.41) is -1.32. The third-order valence-corrected chi connectivity index (χ3v) is 5.13. The van der Waals surface area contributed by atoms with Crippen LogP contribution < -0.4 is 9.80 Å². The molecule has 0 saturated carbocycles. The summed E-state index contributed by atoms with van der Waals surface area (Å²) < 4.78 is 35.0. The summed E-state index contributed by atoms with van der Waals surface area (Å²) in [5.74, 6) is -0.412. The number of benzene rings is 1.